The Balaban J connectivity index is 3.23. The zero-order valence-corrected chi connectivity index (χ0v) is 10.4. The van der Waals surface area contributed by atoms with Crippen LogP contribution >= 0.6 is 15.9 Å². The van der Waals surface area contributed by atoms with Crippen LogP contribution < -0.4 is 4.74 Å². The third kappa shape index (κ3) is 3.89. The molecule has 0 aliphatic rings. The molecule has 0 saturated carbocycles. The number of hydrogen-bond donors (Lipinski definition) is 0. The van der Waals surface area contributed by atoms with E-state index in [2.05, 4.69) is 25.7 Å². The quantitative estimate of drug-likeness (QED) is 0.805. The van der Waals surface area contributed by atoms with E-state index < -0.39 is 6.36 Å². The summed E-state index contributed by atoms with van der Waals surface area (Å²) in [6.45, 7) is 1.54. The predicted octanol–water partition coefficient (Wildman–Crippen LogP) is 3.25. The van der Waals surface area contributed by atoms with Crippen molar-refractivity contribution >= 4 is 15.9 Å². The summed E-state index contributed by atoms with van der Waals surface area (Å²) in [7, 11) is 0. The molecule has 0 radical (unpaired) electrons. The Bertz CT molecular complexity index is 454. The maximum Gasteiger partial charge on any atom is 0.573 e. The van der Waals surface area contributed by atoms with Crippen LogP contribution in [-0.2, 0) is 11.8 Å². The maximum absolute atomic E-state index is 12.2. The maximum atomic E-state index is 12.2. The van der Waals surface area contributed by atoms with Gasteiger partial charge in [-0.3, -0.25) is 4.98 Å². The highest BCUT2D eigenvalue weighted by Crippen LogP contribution is 2.29. The van der Waals surface area contributed by atoms with E-state index >= 15 is 0 Å². The Morgan fingerprint density at radius 2 is 2.18 bits per heavy atom. The van der Waals surface area contributed by atoms with Crippen LogP contribution in [0.1, 0.15) is 17.0 Å². The second kappa shape index (κ2) is 5.36. The average Bonchev–Trinajstić information content (AvgIpc) is 2.20. The number of aryl methyl sites for hydroxylation is 1. The normalized spacial score (nSPS) is 11.1. The number of halogens is 4. The van der Waals surface area contributed by atoms with E-state index in [4.69, 9.17) is 5.26 Å². The van der Waals surface area contributed by atoms with Crippen LogP contribution in [-0.4, -0.2) is 11.3 Å². The van der Waals surface area contributed by atoms with Gasteiger partial charge in [0.1, 0.15) is 5.75 Å². The lowest BCUT2D eigenvalue weighted by Crippen LogP contribution is -2.19. The van der Waals surface area contributed by atoms with E-state index in [1.54, 1.807) is 13.0 Å². The Morgan fingerprint density at radius 1 is 1.53 bits per heavy atom. The zero-order chi connectivity index (χ0) is 13.1. The van der Waals surface area contributed by atoms with Crippen molar-refractivity contribution in [3.05, 3.63) is 23.0 Å². The standard InChI is InChI=1S/C10H8BrF3N2O/c1-6-8(2-3-15)9(17-10(12,13)14)4-7(5-11)16-6/h4H,2,5H2,1H3. The third-order valence-electron chi connectivity index (χ3n) is 1.96. The first-order valence-electron chi connectivity index (χ1n) is 4.55. The summed E-state index contributed by atoms with van der Waals surface area (Å²) in [5, 5.41) is 8.88. The SMILES string of the molecule is Cc1nc(CBr)cc(OC(F)(F)F)c1CC#N. The summed E-state index contributed by atoms with van der Waals surface area (Å²) < 4.78 is 40.5. The molecule has 0 aromatic carbocycles. The molecule has 0 fully saturated rings. The van der Waals surface area contributed by atoms with Crippen LogP contribution in [0.5, 0.6) is 5.75 Å². The smallest absolute Gasteiger partial charge is 0.405 e. The van der Waals surface area contributed by atoms with Crippen molar-refractivity contribution in [2.45, 2.75) is 25.0 Å². The zero-order valence-electron chi connectivity index (χ0n) is 8.81. The molecule has 0 aliphatic heterocycles. The van der Waals surface area contributed by atoms with Gasteiger partial charge in [0.15, 0.2) is 0 Å². The van der Waals surface area contributed by atoms with Gasteiger partial charge in [-0.1, -0.05) is 15.9 Å². The summed E-state index contributed by atoms with van der Waals surface area (Å²) in [5.41, 5.74) is 0.945. The summed E-state index contributed by atoms with van der Waals surface area (Å²) in [6, 6.07) is 2.97. The molecule has 0 bridgehead atoms. The number of rotatable bonds is 3. The molecule has 92 valence electrons. The number of nitriles is 1. The van der Waals surface area contributed by atoms with Crippen molar-refractivity contribution in [1.82, 2.24) is 4.98 Å². The minimum absolute atomic E-state index is 0.162. The number of nitrogens with zero attached hydrogens (tertiary/aromatic N) is 2. The average molecular weight is 309 g/mol. The largest absolute Gasteiger partial charge is 0.573 e. The van der Waals surface area contributed by atoms with Gasteiger partial charge in [-0.05, 0) is 6.92 Å². The second-order valence-corrected chi connectivity index (χ2v) is 3.75. The highest BCUT2D eigenvalue weighted by molar-refractivity contribution is 9.08. The summed E-state index contributed by atoms with van der Waals surface area (Å²) in [5.74, 6) is -0.360. The molecule has 1 aromatic rings. The fourth-order valence-corrected chi connectivity index (χ4v) is 1.60. The molecule has 1 rings (SSSR count). The molecule has 0 N–H and O–H groups in total. The highest BCUT2D eigenvalue weighted by Gasteiger charge is 2.32. The summed E-state index contributed by atoms with van der Waals surface area (Å²) in [6.07, 6.45) is -4.95. The van der Waals surface area contributed by atoms with Crippen molar-refractivity contribution < 1.29 is 17.9 Å². The van der Waals surface area contributed by atoms with Gasteiger partial charge in [-0.25, -0.2) is 0 Å². The Kier molecular flexibility index (Phi) is 4.34. The van der Waals surface area contributed by atoms with E-state index in [-0.39, 0.29) is 17.7 Å². The number of ether oxygens (including phenoxy) is 1. The van der Waals surface area contributed by atoms with E-state index in [0.717, 1.165) is 0 Å². The van der Waals surface area contributed by atoms with Gasteiger partial charge >= 0.3 is 6.36 Å². The summed E-state index contributed by atoms with van der Waals surface area (Å²) in [4.78, 5) is 4.06. The van der Waals surface area contributed by atoms with Crippen molar-refractivity contribution in [2.75, 3.05) is 0 Å². The Labute approximate surface area is 104 Å². The fraction of sp³-hybridized carbons (Fsp3) is 0.400. The molecule has 0 saturated heterocycles. The molecule has 3 nitrogen and oxygen atoms in total. The molecule has 0 aliphatic carbocycles. The topological polar surface area (TPSA) is 45.9 Å². The molecular formula is C10H8BrF3N2O. The van der Waals surface area contributed by atoms with E-state index in [0.29, 0.717) is 16.7 Å². The molecule has 7 heteroatoms. The fourth-order valence-electron chi connectivity index (χ4n) is 1.31. The third-order valence-corrected chi connectivity index (χ3v) is 2.54. The number of pyridine rings is 1. The van der Waals surface area contributed by atoms with E-state index in [1.165, 1.54) is 6.07 Å². The first-order valence-corrected chi connectivity index (χ1v) is 5.67. The van der Waals surface area contributed by atoms with Gasteiger partial charge in [0.25, 0.3) is 0 Å². The van der Waals surface area contributed by atoms with E-state index in [1.807, 2.05) is 0 Å². The molecule has 0 spiro atoms. The van der Waals surface area contributed by atoms with Gasteiger partial charge in [-0.2, -0.15) is 5.26 Å². The monoisotopic (exact) mass is 308 g/mol. The van der Waals surface area contributed by atoms with Crippen LogP contribution in [0, 0.1) is 18.3 Å². The number of hydrogen-bond acceptors (Lipinski definition) is 3. The molecular weight excluding hydrogens is 301 g/mol. The van der Waals surface area contributed by atoms with Gasteiger partial charge in [0.2, 0.25) is 0 Å². The molecule has 0 unspecified atom stereocenters. The highest BCUT2D eigenvalue weighted by atomic mass is 79.9. The number of alkyl halides is 4. The van der Waals surface area contributed by atoms with Crippen LogP contribution in [0.15, 0.2) is 6.07 Å². The van der Waals surface area contributed by atoms with Gasteiger partial charge in [0, 0.05) is 22.7 Å². The van der Waals surface area contributed by atoms with E-state index in [9.17, 15) is 13.2 Å². The lowest BCUT2D eigenvalue weighted by atomic mass is 10.1. The van der Waals surface area contributed by atoms with Gasteiger partial charge < -0.3 is 4.74 Å². The van der Waals surface area contributed by atoms with Crippen molar-refractivity contribution in [3.63, 3.8) is 0 Å². The van der Waals surface area contributed by atoms with Gasteiger partial charge in [-0.15, -0.1) is 13.2 Å². The lowest BCUT2D eigenvalue weighted by Gasteiger charge is -2.14. The van der Waals surface area contributed by atoms with Crippen molar-refractivity contribution in [3.8, 4) is 11.8 Å². The van der Waals surface area contributed by atoms with Crippen molar-refractivity contribution in [2.24, 2.45) is 0 Å². The molecule has 17 heavy (non-hydrogen) atoms. The van der Waals surface area contributed by atoms with Crippen LogP contribution in [0.25, 0.3) is 0 Å². The lowest BCUT2D eigenvalue weighted by molar-refractivity contribution is -0.274. The van der Waals surface area contributed by atoms with Gasteiger partial charge in [0.05, 0.1) is 18.2 Å². The first kappa shape index (κ1) is 13.8. The number of aromatic nitrogens is 1. The molecule has 1 aromatic heterocycles. The Morgan fingerprint density at radius 3 is 2.65 bits per heavy atom. The molecule has 1 heterocycles. The van der Waals surface area contributed by atoms with Crippen LogP contribution in [0.2, 0.25) is 0 Å². The predicted molar refractivity (Wildman–Crippen MR) is 57.6 cm³/mol. The second-order valence-electron chi connectivity index (χ2n) is 3.19. The summed E-state index contributed by atoms with van der Waals surface area (Å²) >= 11 is 3.10. The van der Waals surface area contributed by atoms with Crippen LogP contribution in [0.3, 0.4) is 0 Å². The minimum Gasteiger partial charge on any atom is -0.405 e. The Hall–Kier alpha value is -1.29. The first-order chi connectivity index (χ1) is 7.87. The van der Waals surface area contributed by atoms with Crippen molar-refractivity contribution in [1.29, 1.82) is 5.26 Å². The minimum atomic E-state index is -4.78. The molecule has 0 atom stereocenters. The molecule has 0 amide bonds. The van der Waals surface area contributed by atoms with Crippen LogP contribution in [0.4, 0.5) is 13.2 Å².